The highest BCUT2D eigenvalue weighted by atomic mass is 79.9. The van der Waals surface area contributed by atoms with E-state index >= 15 is 0 Å². The Morgan fingerprint density at radius 3 is 2.80 bits per heavy atom. The quantitative estimate of drug-likeness (QED) is 0.845. The second-order valence-electron chi connectivity index (χ2n) is 3.02. The average Bonchev–Trinajstić information content (AvgIpc) is 2.19. The number of halogens is 1. The minimum Gasteiger partial charge on any atom is -0.493 e. The van der Waals surface area contributed by atoms with Crippen LogP contribution in [0.15, 0.2) is 22.7 Å². The van der Waals surface area contributed by atoms with E-state index < -0.39 is 0 Å². The van der Waals surface area contributed by atoms with E-state index in [1.54, 1.807) is 0 Å². The van der Waals surface area contributed by atoms with Crippen LogP contribution in [0.2, 0.25) is 0 Å². The van der Waals surface area contributed by atoms with Gasteiger partial charge in [-0.25, -0.2) is 0 Å². The summed E-state index contributed by atoms with van der Waals surface area (Å²) in [5.74, 6) is 0.323. The zero-order valence-corrected chi connectivity index (χ0v) is 9.79. The molecule has 15 heavy (non-hydrogen) atoms. The van der Waals surface area contributed by atoms with Gasteiger partial charge in [-0.1, -0.05) is 15.9 Å². The Labute approximate surface area is 96.7 Å². The zero-order valence-electron chi connectivity index (χ0n) is 8.20. The van der Waals surface area contributed by atoms with Crippen molar-refractivity contribution in [3.63, 3.8) is 0 Å². The molecule has 0 heterocycles. The molecule has 0 saturated heterocycles. The Bertz CT molecular complexity index is 355. The molecular weight excluding hydrogens is 260 g/mol. The summed E-state index contributed by atoms with van der Waals surface area (Å²) in [7, 11) is 0. The van der Waals surface area contributed by atoms with Crippen LogP contribution in [-0.4, -0.2) is 12.5 Å². The van der Waals surface area contributed by atoms with Crippen LogP contribution < -0.4 is 16.2 Å². The molecule has 1 aromatic carbocycles. The normalized spacial score (nSPS) is 10.0. The topological polar surface area (TPSA) is 78.3 Å². The van der Waals surface area contributed by atoms with Crippen LogP contribution in [0, 0.1) is 0 Å². The van der Waals surface area contributed by atoms with Crippen molar-refractivity contribution in [2.24, 2.45) is 11.5 Å². The Morgan fingerprint density at radius 2 is 2.20 bits per heavy atom. The molecule has 4 N–H and O–H groups in total. The molecule has 1 aromatic rings. The van der Waals surface area contributed by atoms with Gasteiger partial charge in [0.15, 0.2) is 0 Å². The van der Waals surface area contributed by atoms with E-state index in [1.807, 2.05) is 18.2 Å². The first-order valence-electron chi connectivity index (χ1n) is 4.53. The number of hydrogen-bond donors (Lipinski definition) is 2. The van der Waals surface area contributed by atoms with Gasteiger partial charge in [-0.05, 0) is 18.2 Å². The van der Waals surface area contributed by atoms with Gasteiger partial charge in [-0.3, -0.25) is 4.79 Å². The van der Waals surface area contributed by atoms with E-state index in [-0.39, 0.29) is 18.9 Å². The van der Waals surface area contributed by atoms with E-state index in [2.05, 4.69) is 15.9 Å². The molecule has 0 aromatic heterocycles. The minimum atomic E-state index is -0.374. The SMILES string of the molecule is NCc1cc(Br)ccc1OCCC(N)=O. The summed E-state index contributed by atoms with van der Waals surface area (Å²) in [5.41, 5.74) is 11.5. The minimum absolute atomic E-state index is 0.208. The second kappa shape index (κ2) is 5.72. The third kappa shape index (κ3) is 3.89. The molecule has 0 bridgehead atoms. The first-order valence-corrected chi connectivity index (χ1v) is 5.32. The van der Waals surface area contributed by atoms with Crippen LogP contribution in [-0.2, 0) is 11.3 Å². The van der Waals surface area contributed by atoms with Crippen molar-refractivity contribution in [2.75, 3.05) is 6.61 Å². The number of benzene rings is 1. The van der Waals surface area contributed by atoms with Gasteiger partial charge in [-0.2, -0.15) is 0 Å². The molecule has 82 valence electrons. The van der Waals surface area contributed by atoms with Crippen molar-refractivity contribution < 1.29 is 9.53 Å². The van der Waals surface area contributed by atoms with Crippen molar-refractivity contribution in [3.8, 4) is 5.75 Å². The largest absolute Gasteiger partial charge is 0.493 e. The Kier molecular flexibility index (Phi) is 4.58. The molecule has 1 amide bonds. The first kappa shape index (κ1) is 12.0. The molecule has 0 atom stereocenters. The molecule has 0 spiro atoms. The molecule has 0 saturated carbocycles. The lowest BCUT2D eigenvalue weighted by Gasteiger charge is -2.09. The van der Waals surface area contributed by atoms with Gasteiger partial charge in [0.05, 0.1) is 13.0 Å². The number of nitrogens with two attached hydrogens (primary N) is 2. The van der Waals surface area contributed by atoms with Gasteiger partial charge in [0, 0.05) is 16.6 Å². The first-order chi connectivity index (χ1) is 7.13. The molecule has 0 radical (unpaired) electrons. The zero-order chi connectivity index (χ0) is 11.3. The average molecular weight is 273 g/mol. The fraction of sp³-hybridized carbons (Fsp3) is 0.300. The highest BCUT2D eigenvalue weighted by Crippen LogP contribution is 2.22. The molecule has 0 aliphatic heterocycles. The number of carbonyl (C=O) groups is 1. The van der Waals surface area contributed by atoms with Gasteiger partial charge in [0.1, 0.15) is 5.75 Å². The van der Waals surface area contributed by atoms with Crippen LogP contribution in [0.25, 0.3) is 0 Å². The number of carbonyl (C=O) groups excluding carboxylic acids is 1. The van der Waals surface area contributed by atoms with Crippen molar-refractivity contribution in [1.82, 2.24) is 0 Å². The van der Waals surface area contributed by atoms with Crippen molar-refractivity contribution in [3.05, 3.63) is 28.2 Å². The van der Waals surface area contributed by atoms with Crippen LogP contribution >= 0.6 is 15.9 Å². The lowest BCUT2D eigenvalue weighted by molar-refractivity contribution is -0.118. The maximum absolute atomic E-state index is 10.5. The van der Waals surface area contributed by atoms with E-state index in [9.17, 15) is 4.79 Å². The van der Waals surface area contributed by atoms with Gasteiger partial charge in [0.25, 0.3) is 0 Å². The molecule has 0 aliphatic carbocycles. The molecular formula is C10H13BrN2O2. The number of ether oxygens (including phenoxy) is 1. The fourth-order valence-electron chi connectivity index (χ4n) is 1.11. The van der Waals surface area contributed by atoms with Crippen LogP contribution in [0.1, 0.15) is 12.0 Å². The Balaban J connectivity index is 2.63. The van der Waals surface area contributed by atoms with E-state index in [4.69, 9.17) is 16.2 Å². The monoisotopic (exact) mass is 272 g/mol. The molecule has 0 unspecified atom stereocenters. The summed E-state index contributed by atoms with van der Waals surface area (Å²) in [5, 5.41) is 0. The van der Waals surface area contributed by atoms with Crippen LogP contribution in [0.3, 0.4) is 0 Å². The highest BCUT2D eigenvalue weighted by molar-refractivity contribution is 9.10. The lowest BCUT2D eigenvalue weighted by atomic mass is 10.2. The smallest absolute Gasteiger partial charge is 0.220 e. The van der Waals surface area contributed by atoms with Crippen molar-refractivity contribution in [1.29, 1.82) is 0 Å². The van der Waals surface area contributed by atoms with E-state index in [0.29, 0.717) is 12.3 Å². The number of rotatable bonds is 5. The number of amides is 1. The predicted molar refractivity (Wildman–Crippen MR) is 61.3 cm³/mol. The summed E-state index contributed by atoms with van der Waals surface area (Å²) in [6.07, 6.45) is 0.208. The van der Waals surface area contributed by atoms with Gasteiger partial charge < -0.3 is 16.2 Å². The summed E-state index contributed by atoms with van der Waals surface area (Å²) >= 11 is 3.34. The second-order valence-corrected chi connectivity index (χ2v) is 3.94. The number of primary amides is 1. The van der Waals surface area contributed by atoms with Crippen molar-refractivity contribution in [2.45, 2.75) is 13.0 Å². The summed E-state index contributed by atoms with van der Waals surface area (Å²) < 4.78 is 6.34. The standard InChI is InChI=1S/C10H13BrN2O2/c11-8-1-2-9(7(5-8)6-12)15-4-3-10(13)14/h1-2,5H,3-4,6,12H2,(H2,13,14). The predicted octanol–water partition coefficient (Wildman–Crippen LogP) is 1.16. The fourth-order valence-corrected chi connectivity index (χ4v) is 1.52. The molecule has 4 nitrogen and oxygen atoms in total. The van der Waals surface area contributed by atoms with Gasteiger partial charge in [-0.15, -0.1) is 0 Å². The van der Waals surface area contributed by atoms with E-state index in [0.717, 1.165) is 10.0 Å². The van der Waals surface area contributed by atoms with Crippen LogP contribution in [0.4, 0.5) is 0 Å². The highest BCUT2D eigenvalue weighted by Gasteiger charge is 2.03. The third-order valence-electron chi connectivity index (χ3n) is 1.85. The number of hydrogen-bond acceptors (Lipinski definition) is 3. The van der Waals surface area contributed by atoms with Gasteiger partial charge in [0.2, 0.25) is 5.91 Å². The van der Waals surface area contributed by atoms with Crippen molar-refractivity contribution >= 4 is 21.8 Å². The Morgan fingerprint density at radius 1 is 1.47 bits per heavy atom. The molecule has 5 heteroatoms. The van der Waals surface area contributed by atoms with E-state index in [1.165, 1.54) is 0 Å². The van der Waals surface area contributed by atoms with Crippen LogP contribution in [0.5, 0.6) is 5.75 Å². The Hall–Kier alpha value is -1.07. The summed E-state index contributed by atoms with van der Waals surface area (Å²) in [6.45, 7) is 0.676. The third-order valence-corrected chi connectivity index (χ3v) is 2.34. The van der Waals surface area contributed by atoms with Gasteiger partial charge >= 0.3 is 0 Å². The molecule has 0 fully saturated rings. The maximum atomic E-state index is 10.5. The molecule has 1 rings (SSSR count). The summed E-state index contributed by atoms with van der Waals surface area (Å²) in [4.78, 5) is 10.5. The maximum Gasteiger partial charge on any atom is 0.220 e. The molecule has 0 aliphatic rings. The lowest BCUT2D eigenvalue weighted by Crippen LogP contribution is -2.15. The summed E-state index contributed by atoms with van der Waals surface area (Å²) in [6, 6.07) is 5.56.